The maximum absolute atomic E-state index is 11.2. The Bertz CT molecular complexity index is 248. The van der Waals surface area contributed by atoms with E-state index in [1.807, 2.05) is 0 Å². The summed E-state index contributed by atoms with van der Waals surface area (Å²) in [6.45, 7) is 0. The Morgan fingerprint density at radius 2 is 1.92 bits per heavy atom. The second kappa shape index (κ2) is 3.93. The third kappa shape index (κ3) is 1.86. The summed E-state index contributed by atoms with van der Waals surface area (Å²) in [4.78, 5) is 24.6. The van der Waals surface area contributed by atoms with Gasteiger partial charge in [-0.15, -0.1) is 0 Å². The molecule has 12 heavy (non-hydrogen) atoms. The molecule has 1 aliphatic carbocycles. The number of carbonyl (C=O) groups excluding carboxylic acids is 2. The van der Waals surface area contributed by atoms with Gasteiger partial charge in [-0.25, -0.2) is 0 Å². The van der Waals surface area contributed by atoms with Gasteiger partial charge in [-0.1, -0.05) is 12.8 Å². The molecule has 4 heteroatoms. The lowest BCUT2D eigenvalue weighted by molar-refractivity contribution is -0.136. The molecular weight excluding hydrogens is 156 g/mol. The molecule has 4 nitrogen and oxygen atoms in total. The summed E-state index contributed by atoms with van der Waals surface area (Å²) < 4.78 is 0. The van der Waals surface area contributed by atoms with Crippen molar-refractivity contribution in [1.82, 2.24) is 0 Å². The fraction of sp³-hybridized carbons (Fsp3) is 0.625. The van der Waals surface area contributed by atoms with Crippen LogP contribution in [0, 0.1) is 5.92 Å². The van der Waals surface area contributed by atoms with E-state index in [9.17, 15) is 9.59 Å². The van der Waals surface area contributed by atoms with Gasteiger partial charge >= 0.3 is 12.0 Å². The maximum Gasteiger partial charge on any atom is 0.331 e. The van der Waals surface area contributed by atoms with E-state index in [0.717, 1.165) is 25.7 Å². The largest absolute Gasteiger partial charge is 0.361 e. The lowest BCUT2D eigenvalue weighted by atomic mass is 10.00. The molecule has 0 radical (unpaired) electrons. The van der Waals surface area contributed by atoms with Crippen LogP contribution in [-0.2, 0) is 9.59 Å². The molecule has 64 valence electrons. The van der Waals surface area contributed by atoms with Gasteiger partial charge in [-0.2, -0.15) is 4.79 Å². The van der Waals surface area contributed by atoms with Gasteiger partial charge in [-0.05, 0) is 12.8 Å². The van der Waals surface area contributed by atoms with E-state index >= 15 is 0 Å². The average molecular weight is 166 g/mol. The topological polar surface area (TPSA) is 70.5 Å². The van der Waals surface area contributed by atoms with Crippen LogP contribution in [-0.4, -0.2) is 22.6 Å². The van der Waals surface area contributed by atoms with Gasteiger partial charge in [0.25, 0.3) is 0 Å². The van der Waals surface area contributed by atoms with Gasteiger partial charge in [0.15, 0.2) is 0 Å². The molecule has 0 atom stereocenters. The van der Waals surface area contributed by atoms with Gasteiger partial charge in [0.2, 0.25) is 5.78 Å². The first kappa shape index (κ1) is 8.81. The molecule has 0 aliphatic heterocycles. The molecule has 1 saturated carbocycles. The van der Waals surface area contributed by atoms with Gasteiger partial charge in [-0.3, -0.25) is 9.59 Å². The second-order valence-corrected chi connectivity index (χ2v) is 2.95. The normalized spacial score (nSPS) is 17.0. The average Bonchev–Trinajstić information content (AvgIpc) is 2.55. The zero-order valence-electron chi connectivity index (χ0n) is 6.69. The molecule has 0 bridgehead atoms. The van der Waals surface area contributed by atoms with E-state index in [-0.39, 0.29) is 5.92 Å². The summed E-state index contributed by atoms with van der Waals surface area (Å²) in [6, 6.07) is 0. The Labute approximate surface area is 70.2 Å². The highest BCUT2D eigenvalue weighted by molar-refractivity contribution is 6.58. The highest BCUT2D eigenvalue weighted by Gasteiger charge is 2.28. The van der Waals surface area contributed by atoms with Crippen molar-refractivity contribution in [3.63, 3.8) is 0 Å². The van der Waals surface area contributed by atoms with Crippen LogP contribution in [0.3, 0.4) is 0 Å². The Kier molecular flexibility index (Phi) is 2.88. The van der Waals surface area contributed by atoms with Crippen LogP contribution in [0.1, 0.15) is 25.7 Å². The van der Waals surface area contributed by atoms with E-state index in [1.54, 1.807) is 0 Å². The zero-order chi connectivity index (χ0) is 8.97. The molecule has 0 aromatic heterocycles. The number of rotatable bonds is 3. The number of hydrogen-bond acceptors (Lipinski definition) is 2. The second-order valence-electron chi connectivity index (χ2n) is 2.95. The lowest BCUT2D eigenvalue weighted by Gasteiger charge is -2.00. The molecule has 0 aromatic carbocycles. The van der Waals surface area contributed by atoms with Gasteiger partial charge in [0.1, 0.15) is 0 Å². The van der Waals surface area contributed by atoms with E-state index in [0.29, 0.717) is 6.21 Å². The Balaban J connectivity index is 2.57. The minimum atomic E-state index is -0.690. The molecule has 0 unspecified atom stereocenters. The summed E-state index contributed by atoms with van der Waals surface area (Å²) in [5.41, 5.74) is 8.02. The lowest BCUT2D eigenvalue weighted by Crippen LogP contribution is -2.22. The molecule has 0 saturated heterocycles. The van der Waals surface area contributed by atoms with Gasteiger partial charge in [0, 0.05) is 5.92 Å². The third-order valence-electron chi connectivity index (χ3n) is 2.14. The van der Waals surface area contributed by atoms with Crippen molar-refractivity contribution in [2.24, 2.45) is 5.92 Å². The molecule has 0 spiro atoms. The molecule has 1 fully saturated rings. The smallest absolute Gasteiger partial charge is 0.331 e. The van der Waals surface area contributed by atoms with Crippen molar-refractivity contribution in [1.29, 1.82) is 0 Å². The predicted octanol–water partition coefficient (Wildman–Crippen LogP) is 0.615. The van der Waals surface area contributed by atoms with Crippen molar-refractivity contribution in [3.05, 3.63) is 5.53 Å². The number of hydrogen-bond donors (Lipinski definition) is 0. The van der Waals surface area contributed by atoms with Gasteiger partial charge in [0.05, 0.1) is 0 Å². The molecule has 1 aliphatic rings. The maximum atomic E-state index is 11.2. The molecule has 0 heterocycles. The number of nitrogens with zero attached hydrogens (tertiary/aromatic N) is 2. The fourth-order valence-electron chi connectivity index (χ4n) is 1.51. The number of carbonyl (C=O) groups is 2. The van der Waals surface area contributed by atoms with Crippen LogP contribution in [0.2, 0.25) is 0 Å². The standard InChI is InChI=1S/C8H10N2O2/c9-10-5-7(11)8(12)6-3-1-2-4-6/h5-6H,1-4H2. The molecular formula is C8H10N2O2. The minimum Gasteiger partial charge on any atom is -0.361 e. The monoisotopic (exact) mass is 166 g/mol. The van der Waals surface area contributed by atoms with Crippen molar-refractivity contribution >= 4 is 17.8 Å². The third-order valence-corrected chi connectivity index (χ3v) is 2.14. The van der Waals surface area contributed by atoms with Crippen molar-refractivity contribution in [2.75, 3.05) is 0 Å². The first-order valence-electron chi connectivity index (χ1n) is 4.01. The van der Waals surface area contributed by atoms with Crippen molar-refractivity contribution in [3.8, 4) is 0 Å². The predicted molar refractivity (Wildman–Crippen MR) is 41.7 cm³/mol. The minimum absolute atomic E-state index is 0.129. The highest BCUT2D eigenvalue weighted by Crippen LogP contribution is 2.25. The Hall–Kier alpha value is -1.28. The quantitative estimate of drug-likeness (QED) is 0.267. The summed E-state index contributed by atoms with van der Waals surface area (Å²) in [5.74, 6) is -1.23. The molecule has 0 aromatic rings. The summed E-state index contributed by atoms with van der Waals surface area (Å²) in [5, 5.41) is 0. The Morgan fingerprint density at radius 3 is 2.42 bits per heavy atom. The van der Waals surface area contributed by atoms with Crippen LogP contribution in [0.5, 0.6) is 0 Å². The summed E-state index contributed by atoms with van der Waals surface area (Å²) in [6.07, 6.45) is 4.29. The number of ketones is 2. The Morgan fingerprint density at radius 1 is 1.33 bits per heavy atom. The fourth-order valence-corrected chi connectivity index (χ4v) is 1.51. The molecule has 1 rings (SSSR count). The zero-order valence-corrected chi connectivity index (χ0v) is 6.69. The highest BCUT2D eigenvalue weighted by atomic mass is 16.2. The summed E-state index contributed by atoms with van der Waals surface area (Å²) >= 11 is 0. The van der Waals surface area contributed by atoms with E-state index in [1.165, 1.54) is 0 Å². The van der Waals surface area contributed by atoms with Gasteiger partial charge < -0.3 is 5.53 Å². The molecule has 0 amide bonds. The van der Waals surface area contributed by atoms with Crippen molar-refractivity contribution < 1.29 is 14.4 Å². The van der Waals surface area contributed by atoms with Crippen LogP contribution >= 0.6 is 0 Å². The van der Waals surface area contributed by atoms with E-state index < -0.39 is 11.6 Å². The first-order valence-corrected chi connectivity index (χ1v) is 4.01. The van der Waals surface area contributed by atoms with Crippen LogP contribution in [0.4, 0.5) is 0 Å². The van der Waals surface area contributed by atoms with Crippen LogP contribution in [0.15, 0.2) is 0 Å². The molecule has 0 N–H and O–H groups in total. The summed E-state index contributed by atoms with van der Waals surface area (Å²) in [7, 11) is 0. The van der Waals surface area contributed by atoms with Crippen molar-refractivity contribution in [2.45, 2.75) is 25.7 Å². The first-order chi connectivity index (χ1) is 5.75. The van der Waals surface area contributed by atoms with E-state index in [4.69, 9.17) is 5.53 Å². The van der Waals surface area contributed by atoms with E-state index in [2.05, 4.69) is 4.79 Å². The number of Topliss-reactive ketones (excluding diaryl/α,β-unsaturated/α-hetero) is 2. The van der Waals surface area contributed by atoms with Crippen LogP contribution < -0.4 is 0 Å². The SMILES string of the molecule is [N-]=[N+]=CC(=O)C(=O)C1CCCC1. The van der Waals surface area contributed by atoms with Crippen LogP contribution in [0.25, 0.3) is 5.53 Å².